The van der Waals surface area contributed by atoms with Crippen LogP contribution in [0.3, 0.4) is 0 Å². The summed E-state index contributed by atoms with van der Waals surface area (Å²) in [6.07, 6.45) is 1.36. The minimum absolute atomic E-state index is 0. The number of nitrogens with zero attached hydrogens (tertiary/aromatic N) is 1. The van der Waals surface area contributed by atoms with E-state index in [1.807, 2.05) is 18.2 Å². The van der Waals surface area contributed by atoms with E-state index in [0.29, 0.717) is 5.76 Å². The monoisotopic (exact) mass is 227 g/mol. The maximum atomic E-state index is 10.4. The van der Waals surface area contributed by atoms with Crippen LogP contribution in [0, 0.1) is 0 Å². The number of carbonyl (C=O) groups is 1. The van der Waals surface area contributed by atoms with Crippen LogP contribution in [0.4, 0.5) is 0 Å². The van der Waals surface area contributed by atoms with Crippen molar-refractivity contribution in [1.29, 1.82) is 0 Å². The number of aromatic carboxylic acids is 1. The van der Waals surface area contributed by atoms with Gasteiger partial charge in [0.2, 0.25) is 5.89 Å². The van der Waals surface area contributed by atoms with Gasteiger partial charge < -0.3 is 14.3 Å². The van der Waals surface area contributed by atoms with Crippen LogP contribution in [0.25, 0.3) is 11.3 Å². The Hall–Kier alpha value is -0.464. The third kappa shape index (κ3) is 2.99. The summed E-state index contributed by atoms with van der Waals surface area (Å²) >= 11 is 0. The number of oxazole rings is 1. The normalized spacial score (nSPS) is 9.33. The molecule has 0 aliphatic heterocycles. The van der Waals surface area contributed by atoms with Crippen molar-refractivity contribution in [2.75, 3.05) is 0 Å². The number of aromatic nitrogens is 1. The van der Waals surface area contributed by atoms with Gasteiger partial charge in [-0.25, -0.2) is 4.98 Å². The molecule has 15 heavy (non-hydrogen) atoms. The van der Waals surface area contributed by atoms with Gasteiger partial charge in [-0.3, -0.25) is 0 Å². The predicted molar refractivity (Wildman–Crippen MR) is 46.3 cm³/mol. The van der Waals surface area contributed by atoms with E-state index in [9.17, 15) is 9.90 Å². The summed E-state index contributed by atoms with van der Waals surface area (Å²) in [5.41, 5.74) is 0.785. The summed E-state index contributed by atoms with van der Waals surface area (Å²) in [4.78, 5) is 13.9. The third-order valence-electron chi connectivity index (χ3n) is 1.74. The zero-order valence-corrected chi connectivity index (χ0v) is 11.3. The molecule has 70 valence electrons. The second-order valence-electron chi connectivity index (χ2n) is 2.68. The second kappa shape index (κ2) is 5.57. The smallest absolute Gasteiger partial charge is 0.540 e. The number of carboxylic acids is 1. The van der Waals surface area contributed by atoms with E-state index in [0.717, 1.165) is 5.56 Å². The molecule has 0 N–H and O–H groups in total. The zero-order valence-electron chi connectivity index (χ0n) is 8.14. The number of benzene rings is 1. The first-order valence-electron chi connectivity index (χ1n) is 4.00. The molecule has 0 amide bonds. The molecule has 0 fully saturated rings. The number of hydrogen-bond acceptors (Lipinski definition) is 4. The van der Waals surface area contributed by atoms with Gasteiger partial charge in [-0.05, 0) is 0 Å². The molecule has 4 nitrogen and oxygen atoms in total. The molecule has 0 saturated carbocycles. The molecule has 1 aromatic carbocycles. The molecule has 2 rings (SSSR count). The molecule has 0 bridgehead atoms. The Labute approximate surface area is 129 Å². The van der Waals surface area contributed by atoms with Crippen molar-refractivity contribution in [3.8, 4) is 11.3 Å². The van der Waals surface area contributed by atoms with Gasteiger partial charge in [0, 0.05) is 5.56 Å². The van der Waals surface area contributed by atoms with Gasteiger partial charge >= 0.3 is 51.4 Å². The average molecular weight is 227 g/mol. The van der Waals surface area contributed by atoms with Crippen molar-refractivity contribution in [3.63, 3.8) is 0 Å². The van der Waals surface area contributed by atoms with Crippen molar-refractivity contribution in [2.45, 2.75) is 0 Å². The summed E-state index contributed by atoms with van der Waals surface area (Å²) in [7, 11) is 0. The summed E-state index contributed by atoms with van der Waals surface area (Å²) in [6, 6.07) is 9.13. The fourth-order valence-corrected chi connectivity index (χ4v) is 1.10. The van der Waals surface area contributed by atoms with Gasteiger partial charge in [0.15, 0.2) is 5.76 Å². The summed E-state index contributed by atoms with van der Waals surface area (Å²) in [6.45, 7) is 0. The Morgan fingerprint density at radius 3 is 2.47 bits per heavy atom. The van der Waals surface area contributed by atoms with Crippen LogP contribution in [0.2, 0.25) is 0 Å². The number of carboxylic acid groups (broad SMARTS) is 1. The first kappa shape index (κ1) is 12.6. The van der Waals surface area contributed by atoms with Crippen LogP contribution in [-0.4, -0.2) is 11.0 Å². The van der Waals surface area contributed by atoms with Crippen LogP contribution in [0.15, 0.2) is 40.9 Å². The maximum absolute atomic E-state index is 10.4. The molecule has 1 heterocycles. The number of carbonyl (C=O) groups excluding carboxylic acids is 1. The van der Waals surface area contributed by atoms with Crippen molar-refractivity contribution in [1.82, 2.24) is 4.98 Å². The molecule has 0 radical (unpaired) electrons. The Kier molecular flexibility index (Phi) is 4.68. The molecule has 0 saturated heterocycles. The predicted octanol–water partition coefficient (Wildman–Crippen LogP) is -2.29. The minimum atomic E-state index is -1.41. The molecule has 0 aliphatic rings. The van der Waals surface area contributed by atoms with Crippen molar-refractivity contribution >= 4 is 5.97 Å². The van der Waals surface area contributed by atoms with E-state index in [-0.39, 0.29) is 51.4 Å². The molecule has 2 aromatic rings. The van der Waals surface area contributed by atoms with Gasteiger partial charge in [-0.1, -0.05) is 30.3 Å². The summed E-state index contributed by atoms with van der Waals surface area (Å²) in [5, 5.41) is 10.4. The van der Waals surface area contributed by atoms with Crippen LogP contribution < -0.4 is 56.5 Å². The Bertz CT molecular complexity index is 453. The standard InChI is InChI=1S/C10H7NO3.K/c12-10(13)9-11-6-8(14-9)7-4-2-1-3-5-7;/h1-6H,(H,12,13);/q;+1/p-1. The van der Waals surface area contributed by atoms with E-state index < -0.39 is 11.9 Å². The minimum Gasteiger partial charge on any atom is -0.540 e. The molecular weight excluding hydrogens is 221 g/mol. The number of rotatable bonds is 2. The fraction of sp³-hybridized carbons (Fsp3) is 0. The van der Waals surface area contributed by atoms with E-state index in [1.165, 1.54) is 6.20 Å². The van der Waals surface area contributed by atoms with E-state index in [2.05, 4.69) is 4.98 Å². The first-order valence-corrected chi connectivity index (χ1v) is 4.00. The largest absolute Gasteiger partial charge is 1.00 e. The molecule has 1 aromatic heterocycles. The zero-order chi connectivity index (χ0) is 9.97. The van der Waals surface area contributed by atoms with Gasteiger partial charge in [-0.15, -0.1) is 0 Å². The van der Waals surface area contributed by atoms with Crippen molar-refractivity contribution in [3.05, 3.63) is 42.4 Å². The SMILES string of the molecule is O=C([O-])c1ncc(-c2ccccc2)o1.[K+]. The molecule has 0 aliphatic carbocycles. The average Bonchev–Trinajstić information content (AvgIpc) is 2.68. The Balaban J connectivity index is 0.00000112. The molecule has 0 atom stereocenters. The van der Waals surface area contributed by atoms with Gasteiger partial charge in [0.05, 0.1) is 6.20 Å². The van der Waals surface area contributed by atoms with E-state index >= 15 is 0 Å². The summed E-state index contributed by atoms with van der Waals surface area (Å²) in [5.74, 6) is -1.39. The van der Waals surface area contributed by atoms with Crippen LogP contribution in [-0.2, 0) is 0 Å². The van der Waals surface area contributed by atoms with Crippen LogP contribution in [0.5, 0.6) is 0 Å². The molecular formula is C10H6KNO3. The van der Waals surface area contributed by atoms with Gasteiger partial charge in [0.1, 0.15) is 5.97 Å². The second-order valence-corrected chi connectivity index (χ2v) is 2.68. The van der Waals surface area contributed by atoms with Crippen LogP contribution >= 0.6 is 0 Å². The Morgan fingerprint density at radius 1 is 1.27 bits per heavy atom. The topological polar surface area (TPSA) is 66.2 Å². The van der Waals surface area contributed by atoms with Crippen molar-refractivity contribution in [2.24, 2.45) is 0 Å². The third-order valence-corrected chi connectivity index (χ3v) is 1.74. The first-order chi connectivity index (χ1) is 6.77. The quantitative estimate of drug-likeness (QED) is 0.542. The maximum Gasteiger partial charge on any atom is 1.00 e. The molecule has 0 spiro atoms. The summed E-state index contributed by atoms with van der Waals surface area (Å²) < 4.78 is 4.96. The van der Waals surface area contributed by atoms with Gasteiger partial charge in [0.25, 0.3) is 0 Å². The van der Waals surface area contributed by atoms with E-state index in [4.69, 9.17) is 4.42 Å². The number of hydrogen-bond donors (Lipinski definition) is 0. The van der Waals surface area contributed by atoms with E-state index in [1.54, 1.807) is 12.1 Å². The van der Waals surface area contributed by atoms with Crippen molar-refractivity contribution < 1.29 is 65.7 Å². The van der Waals surface area contributed by atoms with Crippen LogP contribution in [0.1, 0.15) is 10.7 Å². The Morgan fingerprint density at radius 2 is 1.93 bits per heavy atom. The van der Waals surface area contributed by atoms with Gasteiger partial charge in [-0.2, -0.15) is 0 Å². The molecule has 5 heteroatoms. The molecule has 0 unspecified atom stereocenters. The fourth-order valence-electron chi connectivity index (χ4n) is 1.10.